The standard InChI is InChI=1S/C25H29F3N2O3S/c1-17(21-10-6-8-18-7-2-3-9-22(18)21)29-23-11-4-5-12-24(23)30-34(31,32)20-15-13-19(14-16-20)33-25(26,27)28/h2-3,6-10,13,15,17,23-24,29-30H,4-5,11-12,14,16H2,1H3/t17?,23-,24?/m0/s1. The van der Waals surface area contributed by atoms with E-state index in [1.165, 1.54) is 6.08 Å². The largest absolute Gasteiger partial charge is 0.572 e. The van der Waals surface area contributed by atoms with Gasteiger partial charge in [0.05, 0.1) is 4.91 Å². The van der Waals surface area contributed by atoms with E-state index in [1.54, 1.807) is 0 Å². The van der Waals surface area contributed by atoms with Gasteiger partial charge in [-0.25, -0.2) is 13.1 Å². The van der Waals surface area contributed by atoms with Crippen LogP contribution in [0, 0.1) is 0 Å². The molecule has 5 nitrogen and oxygen atoms in total. The second-order valence-electron chi connectivity index (χ2n) is 8.89. The Balaban J connectivity index is 1.47. The third kappa shape index (κ3) is 6.00. The first-order chi connectivity index (χ1) is 16.1. The second-order valence-corrected chi connectivity index (χ2v) is 10.7. The maximum Gasteiger partial charge on any atom is 0.572 e. The van der Waals surface area contributed by atoms with Crippen molar-refractivity contribution < 1.29 is 26.3 Å². The van der Waals surface area contributed by atoms with Gasteiger partial charge in [0.1, 0.15) is 5.76 Å². The van der Waals surface area contributed by atoms with E-state index in [0.717, 1.165) is 41.7 Å². The summed E-state index contributed by atoms with van der Waals surface area (Å²) in [5.41, 5.74) is 1.16. The Morgan fingerprint density at radius 1 is 0.971 bits per heavy atom. The van der Waals surface area contributed by atoms with Gasteiger partial charge in [0.25, 0.3) is 0 Å². The Kier molecular flexibility index (Phi) is 7.35. The molecule has 0 bridgehead atoms. The Bertz CT molecular complexity index is 1190. The molecule has 184 valence electrons. The van der Waals surface area contributed by atoms with Gasteiger partial charge < -0.3 is 10.1 Å². The highest BCUT2D eigenvalue weighted by Crippen LogP contribution is 2.31. The van der Waals surface area contributed by atoms with Gasteiger partial charge in [-0.15, -0.1) is 13.2 Å². The molecule has 2 aliphatic rings. The lowest BCUT2D eigenvalue weighted by atomic mass is 9.89. The fourth-order valence-electron chi connectivity index (χ4n) is 4.84. The SMILES string of the molecule is CC(N[C@H]1CCCCC1NS(=O)(=O)C1=CC=C(OC(F)(F)F)CC1)c1cccc2ccccc12. The summed E-state index contributed by atoms with van der Waals surface area (Å²) in [6.07, 6.45) is 0.816. The molecule has 3 atom stereocenters. The van der Waals surface area contributed by atoms with Crippen molar-refractivity contribution >= 4 is 20.8 Å². The minimum Gasteiger partial charge on any atom is -0.410 e. The number of alkyl halides is 3. The minimum atomic E-state index is -4.78. The second kappa shape index (κ2) is 10.1. The number of benzene rings is 2. The topological polar surface area (TPSA) is 67.4 Å². The summed E-state index contributed by atoms with van der Waals surface area (Å²) in [6.45, 7) is 2.08. The number of hydrogen-bond donors (Lipinski definition) is 2. The molecule has 0 radical (unpaired) electrons. The molecule has 2 aliphatic carbocycles. The van der Waals surface area contributed by atoms with Crippen LogP contribution in [-0.2, 0) is 14.8 Å². The number of nitrogens with one attached hydrogen (secondary N) is 2. The summed E-state index contributed by atoms with van der Waals surface area (Å²) in [7, 11) is -3.83. The molecule has 1 fully saturated rings. The molecule has 2 aromatic rings. The molecule has 0 aromatic heterocycles. The van der Waals surface area contributed by atoms with Gasteiger partial charge in [0.2, 0.25) is 10.0 Å². The fraction of sp³-hybridized carbons (Fsp3) is 0.440. The number of fused-ring (bicyclic) bond motifs is 1. The molecule has 1 saturated carbocycles. The molecule has 0 saturated heterocycles. The average Bonchev–Trinajstić information content (AvgIpc) is 2.79. The van der Waals surface area contributed by atoms with Crippen LogP contribution in [0.3, 0.4) is 0 Å². The lowest BCUT2D eigenvalue weighted by Gasteiger charge is -2.35. The molecule has 2 N–H and O–H groups in total. The summed E-state index contributed by atoms with van der Waals surface area (Å²) < 4.78 is 70.0. The van der Waals surface area contributed by atoms with E-state index < -0.39 is 16.4 Å². The zero-order valence-electron chi connectivity index (χ0n) is 18.9. The molecule has 2 aromatic carbocycles. The van der Waals surface area contributed by atoms with Crippen LogP contribution in [0.1, 0.15) is 57.1 Å². The number of allylic oxidation sites excluding steroid dienone is 4. The molecule has 2 unspecified atom stereocenters. The lowest BCUT2D eigenvalue weighted by molar-refractivity contribution is -0.306. The van der Waals surface area contributed by atoms with Crippen LogP contribution in [0.15, 0.2) is 65.3 Å². The predicted molar refractivity (Wildman–Crippen MR) is 126 cm³/mol. The Labute approximate surface area is 198 Å². The molecule has 34 heavy (non-hydrogen) atoms. The summed E-state index contributed by atoms with van der Waals surface area (Å²) >= 11 is 0. The van der Waals surface area contributed by atoms with Gasteiger partial charge in [-0.05, 0) is 54.7 Å². The number of hydrogen-bond acceptors (Lipinski definition) is 4. The Hall–Kier alpha value is -2.36. The maximum atomic E-state index is 13.0. The lowest BCUT2D eigenvalue weighted by Crippen LogP contribution is -2.52. The van der Waals surface area contributed by atoms with E-state index in [4.69, 9.17) is 0 Å². The van der Waals surface area contributed by atoms with Crippen molar-refractivity contribution in [2.45, 2.75) is 69.9 Å². The van der Waals surface area contributed by atoms with E-state index in [9.17, 15) is 21.6 Å². The summed E-state index contributed by atoms with van der Waals surface area (Å²) in [5.74, 6) is -0.285. The number of halogens is 3. The normalized spacial score (nSPS) is 22.7. The van der Waals surface area contributed by atoms with E-state index >= 15 is 0 Å². The van der Waals surface area contributed by atoms with Crippen molar-refractivity contribution in [3.05, 3.63) is 70.8 Å². The van der Waals surface area contributed by atoms with E-state index in [-0.39, 0.29) is 41.6 Å². The molecule has 0 aliphatic heterocycles. The third-order valence-electron chi connectivity index (χ3n) is 6.49. The Morgan fingerprint density at radius 2 is 1.68 bits per heavy atom. The van der Waals surface area contributed by atoms with E-state index in [0.29, 0.717) is 6.42 Å². The summed E-state index contributed by atoms with van der Waals surface area (Å²) in [6, 6.07) is 14.0. The molecule has 0 amide bonds. The quantitative estimate of drug-likeness (QED) is 0.509. The van der Waals surface area contributed by atoms with Crippen LogP contribution in [0.4, 0.5) is 13.2 Å². The predicted octanol–water partition coefficient (Wildman–Crippen LogP) is 5.82. The highest BCUT2D eigenvalue weighted by atomic mass is 32.2. The van der Waals surface area contributed by atoms with Gasteiger partial charge in [-0.2, -0.15) is 0 Å². The van der Waals surface area contributed by atoms with Crippen LogP contribution < -0.4 is 10.0 Å². The van der Waals surface area contributed by atoms with Crippen LogP contribution in [0.5, 0.6) is 0 Å². The van der Waals surface area contributed by atoms with Crippen molar-refractivity contribution in [1.82, 2.24) is 10.0 Å². The first-order valence-electron chi connectivity index (χ1n) is 11.5. The first-order valence-corrected chi connectivity index (χ1v) is 13.0. The number of ether oxygens (including phenoxy) is 1. The fourth-order valence-corrected chi connectivity index (χ4v) is 6.29. The molecule has 4 rings (SSSR count). The van der Waals surface area contributed by atoms with Gasteiger partial charge in [-0.3, -0.25) is 0 Å². The number of rotatable bonds is 7. The van der Waals surface area contributed by atoms with Crippen LogP contribution >= 0.6 is 0 Å². The van der Waals surface area contributed by atoms with Crippen LogP contribution in [0.25, 0.3) is 10.8 Å². The zero-order valence-corrected chi connectivity index (χ0v) is 19.8. The van der Waals surface area contributed by atoms with Crippen LogP contribution in [-0.4, -0.2) is 26.9 Å². The third-order valence-corrected chi connectivity index (χ3v) is 8.13. The van der Waals surface area contributed by atoms with Crippen molar-refractivity contribution in [1.29, 1.82) is 0 Å². The molecular formula is C25H29F3N2O3S. The van der Waals surface area contributed by atoms with E-state index in [1.807, 2.05) is 18.2 Å². The van der Waals surface area contributed by atoms with Crippen molar-refractivity contribution in [2.75, 3.05) is 0 Å². The van der Waals surface area contributed by atoms with Gasteiger partial charge >= 0.3 is 6.36 Å². The molecular weight excluding hydrogens is 465 g/mol. The molecule has 0 heterocycles. The highest BCUT2D eigenvalue weighted by molar-refractivity contribution is 7.93. The monoisotopic (exact) mass is 494 g/mol. The first kappa shape index (κ1) is 24.8. The Morgan fingerprint density at radius 3 is 2.38 bits per heavy atom. The van der Waals surface area contributed by atoms with Crippen molar-refractivity contribution in [3.8, 4) is 0 Å². The van der Waals surface area contributed by atoms with Gasteiger partial charge in [0, 0.05) is 24.5 Å². The minimum absolute atomic E-state index is 0.0140. The van der Waals surface area contributed by atoms with Gasteiger partial charge in [-0.1, -0.05) is 55.3 Å². The van der Waals surface area contributed by atoms with Crippen LogP contribution in [0.2, 0.25) is 0 Å². The molecule has 9 heteroatoms. The van der Waals surface area contributed by atoms with Crippen molar-refractivity contribution in [3.63, 3.8) is 0 Å². The maximum absolute atomic E-state index is 13.0. The highest BCUT2D eigenvalue weighted by Gasteiger charge is 2.34. The van der Waals surface area contributed by atoms with Gasteiger partial charge in [0.15, 0.2) is 0 Å². The zero-order chi connectivity index (χ0) is 24.3. The summed E-state index contributed by atoms with van der Waals surface area (Å²) in [5, 5.41) is 5.95. The average molecular weight is 495 g/mol. The smallest absolute Gasteiger partial charge is 0.410 e. The van der Waals surface area contributed by atoms with Crippen molar-refractivity contribution in [2.24, 2.45) is 0 Å². The summed E-state index contributed by atoms with van der Waals surface area (Å²) in [4.78, 5) is 0.0773. The van der Waals surface area contributed by atoms with E-state index in [2.05, 4.69) is 46.0 Å². The molecule has 0 spiro atoms. The number of sulfonamides is 1.